The van der Waals surface area contributed by atoms with E-state index in [1.165, 1.54) is 12.5 Å². The lowest BCUT2D eigenvalue weighted by molar-refractivity contribution is -0.396. The molecular weight excluding hydrogens is 897 g/mol. The summed E-state index contributed by atoms with van der Waals surface area (Å²) in [5.41, 5.74) is -2.01. The lowest BCUT2D eigenvalue weighted by atomic mass is 9.33. The van der Waals surface area contributed by atoms with Crippen molar-refractivity contribution < 1.29 is 99.6 Å². The number of ether oxygens (including phenoxy) is 6. The predicted molar refractivity (Wildman–Crippen MR) is 233 cm³/mol. The largest absolute Gasteiger partial charge is 0.479 e. The first kappa shape index (κ1) is 52.8. The van der Waals surface area contributed by atoms with Crippen molar-refractivity contribution >= 4 is 5.97 Å². The smallest absolute Gasteiger partial charge is 0.335 e. The third-order valence-corrected chi connectivity index (χ3v) is 20.0. The molecule has 0 amide bonds. The molecule has 8 rings (SSSR count). The Morgan fingerprint density at radius 1 is 0.647 bits per heavy atom. The van der Waals surface area contributed by atoms with Crippen LogP contribution in [0.2, 0.25) is 0 Å². The number of hydrogen-bond acceptors (Lipinski definition) is 19. The highest BCUT2D eigenvalue weighted by Crippen LogP contribution is 2.76. The molecule has 3 heterocycles. The number of rotatable bonds is 10. The van der Waals surface area contributed by atoms with Crippen molar-refractivity contribution in [3.8, 4) is 0 Å². The van der Waals surface area contributed by atoms with Crippen molar-refractivity contribution in [3.63, 3.8) is 0 Å². The topological polar surface area (TPSA) is 335 Å². The fourth-order valence-electron chi connectivity index (χ4n) is 15.2. The second-order valence-electron chi connectivity index (χ2n) is 23.4. The second kappa shape index (κ2) is 18.5. The number of hydrogen-bond donors (Lipinski definition) is 13. The molecule has 0 radical (unpaired) electrons. The molecule has 20 heteroatoms. The van der Waals surface area contributed by atoms with E-state index in [4.69, 9.17) is 28.4 Å². The molecule has 5 aliphatic carbocycles. The first-order valence-corrected chi connectivity index (χ1v) is 24.5. The maximum Gasteiger partial charge on any atom is 0.335 e. The van der Waals surface area contributed by atoms with Crippen molar-refractivity contribution in [2.75, 3.05) is 19.8 Å². The third kappa shape index (κ3) is 7.81. The van der Waals surface area contributed by atoms with Crippen LogP contribution in [0.25, 0.3) is 0 Å². The van der Waals surface area contributed by atoms with E-state index in [-0.39, 0.29) is 47.2 Å². The summed E-state index contributed by atoms with van der Waals surface area (Å²) in [4.78, 5) is 12.5. The number of aliphatic hydroxyl groups is 12. The highest BCUT2D eigenvalue weighted by atomic mass is 16.8. The summed E-state index contributed by atoms with van der Waals surface area (Å²) < 4.78 is 36.1. The van der Waals surface area contributed by atoms with E-state index in [1.54, 1.807) is 0 Å². The van der Waals surface area contributed by atoms with Crippen molar-refractivity contribution in [1.82, 2.24) is 0 Å². The Bertz CT molecular complexity index is 1880. The van der Waals surface area contributed by atoms with Crippen LogP contribution in [-0.4, -0.2) is 203 Å². The Hall–Kier alpha value is -1.51. The maximum atomic E-state index is 12.5. The number of allylic oxidation sites excluding steroid dienone is 2. The van der Waals surface area contributed by atoms with E-state index >= 15 is 0 Å². The van der Waals surface area contributed by atoms with Crippen molar-refractivity contribution in [2.45, 2.75) is 210 Å². The van der Waals surface area contributed by atoms with Crippen molar-refractivity contribution in [2.24, 2.45) is 50.2 Å². The molecule has 0 aromatic rings. The van der Waals surface area contributed by atoms with E-state index < -0.39 is 139 Å². The Labute approximate surface area is 396 Å². The van der Waals surface area contributed by atoms with Gasteiger partial charge in [0.25, 0.3) is 0 Å². The minimum absolute atomic E-state index is 0.0531. The first-order valence-electron chi connectivity index (χ1n) is 24.5. The molecule has 13 N–H and O–H groups in total. The van der Waals surface area contributed by atoms with Crippen LogP contribution in [0.1, 0.15) is 99.8 Å². The van der Waals surface area contributed by atoms with E-state index in [0.29, 0.717) is 32.1 Å². The minimum Gasteiger partial charge on any atom is -0.479 e. The maximum absolute atomic E-state index is 12.5. The molecule has 0 spiro atoms. The monoisotopic (exact) mass is 975 g/mol. The van der Waals surface area contributed by atoms with Gasteiger partial charge in [-0.2, -0.15) is 0 Å². The zero-order chi connectivity index (χ0) is 50.0. The molecule has 390 valence electrons. The van der Waals surface area contributed by atoms with Gasteiger partial charge < -0.3 is 94.8 Å². The van der Waals surface area contributed by atoms with Gasteiger partial charge in [-0.1, -0.05) is 53.2 Å². The number of carboxylic acid groups (broad SMARTS) is 1. The second-order valence-corrected chi connectivity index (χ2v) is 23.4. The SMILES string of the molecule is C[C@@H]1O[C@@H](O[C@H]2[C@H](O[C@H]3[C@H](O[C@H]4CC[C@@]5(C)[C@@H](CC[C@]6(C)[C@@H]5CC=C5[C@@H]7C[C@](C)(CO)[C@H](O)[C@@H](O)[C@]7(C)CC[C@]56C)[C@@]4(C)CO)O[C@H](C(=O)O)[C@@H](O)[C@@H]3O)O[C@H](CO)[C@@H](O)[C@@H]2O)[C@H](O)[C@H](O)[C@H]1O. The fourth-order valence-corrected chi connectivity index (χ4v) is 15.2. The lowest BCUT2D eigenvalue weighted by Gasteiger charge is -2.72. The number of carboxylic acids is 1. The van der Waals surface area contributed by atoms with Crippen LogP contribution in [-0.2, 0) is 33.2 Å². The van der Waals surface area contributed by atoms with Crippen LogP contribution in [0.5, 0.6) is 0 Å². The summed E-state index contributed by atoms with van der Waals surface area (Å²) in [6.07, 6.45) is -22.0. The normalized spacial score (nSPS) is 57.2. The molecule has 68 heavy (non-hydrogen) atoms. The summed E-state index contributed by atoms with van der Waals surface area (Å²) in [7, 11) is 0. The number of fused-ring (bicyclic) bond motifs is 7. The average molecular weight is 975 g/mol. The van der Waals surface area contributed by atoms with E-state index in [0.717, 1.165) is 19.3 Å². The van der Waals surface area contributed by atoms with Gasteiger partial charge in [0.2, 0.25) is 0 Å². The molecule has 0 unspecified atom stereocenters. The highest BCUT2D eigenvalue weighted by Gasteiger charge is 2.71. The van der Waals surface area contributed by atoms with Gasteiger partial charge >= 0.3 is 5.97 Å². The van der Waals surface area contributed by atoms with E-state index in [2.05, 4.69) is 33.8 Å². The Morgan fingerprint density at radius 3 is 1.90 bits per heavy atom. The number of aliphatic hydroxyl groups excluding tert-OH is 12. The van der Waals surface area contributed by atoms with Gasteiger partial charge in [-0.05, 0) is 92.3 Å². The van der Waals surface area contributed by atoms with Crippen LogP contribution >= 0.6 is 0 Å². The first-order chi connectivity index (χ1) is 31.7. The quantitative estimate of drug-likeness (QED) is 0.0889. The summed E-state index contributed by atoms with van der Waals surface area (Å²) >= 11 is 0. The Kier molecular flexibility index (Phi) is 14.3. The van der Waals surface area contributed by atoms with Crippen LogP contribution < -0.4 is 0 Å². The van der Waals surface area contributed by atoms with Crippen LogP contribution in [0.3, 0.4) is 0 Å². The van der Waals surface area contributed by atoms with Gasteiger partial charge in [0.05, 0.1) is 44.2 Å². The minimum atomic E-state index is -2.09. The van der Waals surface area contributed by atoms with Gasteiger partial charge in [0, 0.05) is 16.2 Å². The molecule has 27 atom stereocenters. The van der Waals surface area contributed by atoms with Gasteiger partial charge in [-0.25, -0.2) is 4.79 Å². The standard InChI is InChI=1S/C48H78O20/c1-20-27(52)29(54)33(58)40(63-20)67-35-30(55)28(53)23(17-49)64-41(35)68-36-32(57)31(56)34(39(61)62)66-42(36)65-26-11-12-45(4)24(46(26,5)19-51)10-13-48(7)25(45)9-8-21-22-16-43(2,18-50)37(59)38(60)44(22,3)14-15-47(21,48)6/h8,20,22-38,40-42,49-60H,9-19H2,1-7H3,(H,61,62)/t20-,22-,23+,24+,25+,26-,27-,28+,29+,30-,31-,32-,33+,34-,35+,36+,37+,38+,40-,41-,42+,43+,44+,45-,46+,47+,48+/m0/s1. The summed E-state index contributed by atoms with van der Waals surface area (Å²) in [5.74, 6) is -1.69. The summed E-state index contributed by atoms with van der Waals surface area (Å²) in [6.45, 7) is 12.8. The average Bonchev–Trinajstić information content (AvgIpc) is 3.30. The zero-order valence-corrected chi connectivity index (χ0v) is 40.2. The molecule has 7 fully saturated rings. The molecule has 3 aliphatic heterocycles. The molecule has 3 saturated heterocycles. The zero-order valence-electron chi connectivity index (χ0n) is 40.2. The molecule has 8 aliphatic rings. The molecule has 4 saturated carbocycles. The van der Waals surface area contributed by atoms with Crippen molar-refractivity contribution in [1.29, 1.82) is 0 Å². The van der Waals surface area contributed by atoms with Gasteiger partial charge in [0.1, 0.15) is 61.0 Å². The summed E-state index contributed by atoms with van der Waals surface area (Å²) in [5, 5.41) is 142. The van der Waals surface area contributed by atoms with Crippen LogP contribution in [0, 0.1) is 50.2 Å². The fraction of sp³-hybridized carbons (Fsp3) is 0.938. The van der Waals surface area contributed by atoms with Gasteiger partial charge in [-0.15, -0.1) is 0 Å². The Morgan fingerprint density at radius 2 is 1.28 bits per heavy atom. The van der Waals surface area contributed by atoms with E-state index in [1.807, 2.05) is 13.8 Å². The summed E-state index contributed by atoms with van der Waals surface area (Å²) in [6, 6.07) is 0. The molecule has 0 aromatic heterocycles. The third-order valence-electron chi connectivity index (χ3n) is 20.0. The Balaban J connectivity index is 1.08. The molecule has 0 aromatic carbocycles. The van der Waals surface area contributed by atoms with Crippen LogP contribution in [0.4, 0.5) is 0 Å². The molecular formula is C48H78O20. The highest BCUT2D eigenvalue weighted by molar-refractivity contribution is 5.73. The predicted octanol–water partition coefficient (Wildman–Crippen LogP) is -1.35. The lowest BCUT2D eigenvalue weighted by Crippen LogP contribution is -2.69. The number of aliphatic carboxylic acids is 1. The van der Waals surface area contributed by atoms with Crippen molar-refractivity contribution in [3.05, 3.63) is 11.6 Å². The van der Waals surface area contributed by atoms with Crippen LogP contribution in [0.15, 0.2) is 11.6 Å². The number of carbonyl (C=O) groups is 1. The van der Waals surface area contributed by atoms with Gasteiger partial charge in [-0.3, -0.25) is 0 Å². The van der Waals surface area contributed by atoms with Gasteiger partial charge in [0.15, 0.2) is 25.0 Å². The molecule has 0 bridgehead atoms. The molecule has 20 nitrogen and oxygen atoms in total. The van der Waals surface area contributed by atoms with E-state index in [9.17, 15) is 71.2 Å².